The van der Waals surface area contributed by atoms with Gasteiger partial charge in [-0.3, -0.25) is 4.79 Å². The SMILES string of the molecule is Cc1nc2cc(C(=O)N(C)C3CC3)ccc2n1C. The van der Waals surface area contributed by atoms with Crippen LogP contribution in [0.15, 0.2) is 18.2 Å². The quantitative estimate of drug-likeness (QED) is 0.810. The van der Waals surface area contributed by atoms with Crippen LogP contribution in [0.1, 0.15) is 29.0 Å². The van der Waals surface area contributed by atoms with Crippen LogP contribution in [0.4, 0.5) is 0 Å². The molecule has 1 fully saturated rings. The molecule has 1 saturated carbocycles. The molecule has 0 aliphatic heterocycles. The molecule has 18 heavy (non-hydrogen) atoms. The highest BCUT2D eigenvalue weighted by Crippen LogP contribution is 2.27. The molecule has 1 heterocycles. The second-order valence-corrected chi connectivity index (χ2v) is 5.07. The zero-order chi connectivity index (χ0) is 12.9. The van der Waals surface area contributed by atoms with Crippen LogP contribution in [0.3, 0.4) is 0 Å². The predicted octanol–water partition coefficient (Wildman–Crippen LogP) is 2.12. The van der Waals surface area contributed by atoms with Crippen molar-refractivity contribution in [2.75, 3.05) is 7.05 Å². The molecule has 0 saturated heterocycles. The second kappa shape index (κ2) is 3.83. The van der Waals surface area contributed by atoms with Crippen molar-refractivity contribution >= 4 is 16.9 Å². The van der Waals surface area contributed by atoms with Crippen LogP contribution in [0.2, 0.25) is 0 Å². The molecule has 1 amide bonds. The maximum atomic E-state index is 12.3. The van der Waals surface area contributed by atoms with Crippen LogP contribution in [0.5, 0.6) is 0 Å². The fourth-order valence-electron chi connectivity index (χ4n) is 2.28. The summed E-state index contributed by atoms with van der Waals surface area (Å²) in [4.78, 5) is 18.6. The number of imidazole rings is 1. The minimum absolute atomic E-state index is 0.0997. The average molecular weight is 243 g/mol. The molecule has 0 atom stereocenters. The first-order chi connectivity index (χ1) is 8.58. The van der Waals surface area contributed by atoms with Crippen molar-refractivity contribution in [3.05, 3.63) is 29.6 Å². The topological polar surface area (TPSA) is 38.1 Å². The van der Waals surface area contributed by atoms with Gasteiger partial charge in [0, 0.05) is 25.7 Å². The Kier molecular flexibility index (Phi) is 2.40. The molecule has 0 bridgehead atoms. The van der Waals surface area contributed by atoms with Gasteiger partial charge in [-0.1, -0.05) is 0 Å². The lowest BCUT2D eigenvalue weighted by atomic mass is 10.1. The number of benzene rings is 1. The van der Waals surface area contributed by atoms with Gasteiger partial charge in [-0.25, -0.2) is 4.98 Å². The molecule has 1 aliphatic rings. The standard InChI is InChI=1S/C14H17N3O/c1-9-15-12-8-10(4-7-13(12)16(9)2)14(18)17(3)11-5-6-11/h4,7-8,11H,5-6H2,1-3H3. The van der Waals surface area contributed by atoms with Gasteiger partial charge in [0.25, 0.3) is 5.91 Å². The van der Waals surface area contributed by atoms with Crippen LogP contribution >= 0.6 is 0 Å². The lowest BCUT2D eigenvalue weighted by Crippen LogP contribution is -2.28. The van der Waals surface area contributed by atoms with Gasteiger partial charge in [0.2, 0.25) is 0 Å². The molecule has 0 spiro atoms. The van der Waals surface area contributed by atoms with Crippen molar-refractivity contribution in [3.63, 3.8) is 0 Å². The van der Waals surface area contributed by atoms with E-state index < -0.39 is 0 Å². The number of rotatable bonds is 2. The molecule has 3 rings (SSSR count). The molecule has 4 nitrogen and oxygen atoms in total. The Morgan fingerprint density at radius 1 is 1.44 bits per heavy atom. The Morgan fingerprint density at radius 3 is 2.83 bits per heavy atom. The summed E-state index contributed by atoms with van der Waals surface area (Å²) < 4.78 is 2.04. The van der Waals surface area contributed by atoms with Gasteiger partial charge in [0.05, 0.1) is 11.0 Å². The number of carbonyl (C=O) groups is 1. The number of fused-ring (bicyclic) bond motifs is 1. The third-order valence-corrected chi connectivity index (χ3v) is 3.77. The van der Waals surface area contributed by atoms with Gasteiger partial charge in [-0.2, -0.15) is 0 Å². The lowest BCUT2D eigenvalue weighted by molar-refractivity contribution is 0.0785. The van der Waals surface area contributed by atoms with Gasteiger partial charge >= 0.3 is 0 Å². The number of hydrogen-bond donors (Lipinski definition) is 0. The molecule has 2 aromatic rings. The van der Waals surface area contributed by atoms with Gasteiger partial charge in [-0.15, -0.1) is 0 Å². The Labute approximate surface area is 106 Å². The average Bonchev–Trinajstić information content (AvgIpc) is 3.16. The maximum Gasteiger partial charge on any atom is 0.253 e. The Morgan fingerprint density at radius 2 is 2.17 bits per heavy atom. The van der Waals surface area contributed by atoms with E-state index in [4.69, 9.17) is 0 Å². The number of hydrogen-bond acceptors (Lipinski definition) is 2. The van der Waals surface area contributed by atoms with E-state index in [1.807, 2.05) is 48.7 Å². The summed E-state index contributed by atoms with van der Waals surface area (Å²) in [5, 5.41) is 0. The highest BCUT2D eigenvalue weighted by atomic mass is 16.2. The lowest BCUT2D eigenvalue weighted by Gasteiger charge is -2.16. The minimum atomic E-state index is 0.0997. The number of amides is 1. The fraction of sp³-hybridized carbons (Fsp3) is 0.429. The van der Waals surface area contributed by atoms with E-state index in [0.29, 0.717) is 6.04 Å². The van der Waals surface area contributed by atoms with Crippen molar-refractivity contribution < 1.29 is 4.79 Å². The van der Waals surface area contributed by atoms with Gasteiger partial charge < -0.3 is 9.47 Å². The summed E-state index contributed by atoms with van der Waals surface area (Å²) in [7, 11) is 3.87. The molecule has 1 aromatic carbocycles. The molecule has 94 valence electrons. The third kappa shape index (κ3) is 1.68. The van der Waals surface area contributed by atoms with Crippen molar-refractivity contribution in [2.24, 2.45) is 7.05 Å². The van der Waals surface area contributed by atoms with E-state index in [9.17, 15) is 4.79 Å². The number of aromatic nitrogens is 2. The van der Waals surface area contributed by atoms with Crippen molar-refractivity contribution in [2.45, 2.75) is 25.8 Å². The van der Waals surface area contributed by atoms with E-state index in [1.165, 1.54) is 0 Å². The Hall–Kier alpha value is -1.84. The van der Waals surface area contributed by atoms with Gasteiger partial charge in [-0.05, 0) is 38.0 Å². The highest BCUT2D eigenvalue weighted by molar-refractivity contribution is 5.97. The third-order valence-electron chi connectivity index (χ3n) is 3.77. The van der Waals surface area contributed by atoms with Crippen molar-refractivity contribution in [1.82, 2.24) is 14.5 Å². The molecule has 4 heteroatoms. The maximum absolute atomic E-state index is 12.3. The molecular weight excluding hydrogens is 226 g/mol. The number of nitrogens with zero attached hydrogens (tertiary/aromatic N) is 3. The van der Waals surface area contributed by atoms with Crippen LogP contribution < -0.4 is 0 Å². The fourth-order valence-corrected chi connectivity index (χ4v) is 2.28. The number of carbonyl (C=O) groups excluding carboxylic acids is 1. The van der Waals surface area contributed by atoms with E-state index in [0.717, 1.165) is 35.3 Å². The van der Waals surface area contributed by atoms with E-state index >= 15 is 0 Å². The first kappa shape index (κ1) is 11.3. The summed E-state index contributed by atoms with van der Waals surface area (Å²) >= 11 is 0. The van der Waals surface area contributed by atoms with Crippen LogP contribution in [-0.2, 0) is 7.05 Å². The zero-order valence-electron chi connectivity index (χ0n) is 11.0. The van der Waals surface area contributed by atoms with E-state index in [2.05, 4.69) is 4.98 Å². The summed E-state index contributed by atoms with van der Waals surface area (Å²) in [5.74, 6) is 1.06. The monoisotopic (exact) mass is 243 g/mol. The number of aryl methyl sites for hydroxylation is 2. The summed E-state index contributed by atoms with van der Waals surface area (Å²) in [6, 6.07) is 6.20. The smallest absolute Gasteiger partial charge is 0.253 e. The van der Waals surface area contributed by atoms with Gasteiger partial charge in [0.1, 0.15) is 5.82 Å². The van der Waals surface area contributed by atoms with Crippen LogP contribution in [0, 0.1) is 6.92 Å². The van der Waals surface area contributed by atoms with Gasteiger partial charge in [0.15, 0.2) is 0 Å². The van der Waals surface area contributed by atoms with Crippen molar-refractivity contribution in [1.29, 1.82) is 0 Å². The Balaban J connectivity index is 2.00. The first-order valence-electron chi connectivity index (χ1n) is 6.28. The summed E-state index contributed by atoms with van der Waals surface area (Å²) in [5.41, 5.74) is 2.69. The first-order valence-corrected chi connectivity index (χ1v) is 6.28. The molecule has 1 aromatic heterocycles. The van der Waals surface area contributed by atoms with Crippen LogP contribution in [-0.4, -0.2) is 33.4 Å². The van der Waals surface area contributed by atoms with E-state index in [1.54, 1.807) is 0 Å². The summed E-state index contributed by atoms with van der Waals surface area (Å²) in [6.45, 7) is 1.97. The largest absolute Gasteiger partial charge is 0.339 e. The molecule has 0 unspecified atom stereocenters. The Bertz CT molecular complexity index is 625. The van der Waals surface area contributed by atoms with Crippen molar-refractivity contribution in [3.8, 4) is 0 Å². The predicted molar refractivity (Wildman–Crippen MR) is 70.6 cm³/mol. The highest BCUT2D eigenvalue weighted by Gasteiger charge is 2.30. The molecular formula is C14H17N3O. The molecule has 0 N–H and O–H groups in total. The normalized spacial score (nSPS) is 15.1. The van der Waals surface area contributed by atoms with E-state index in [-0.39, 0.29) is 5.91 Å². The van der Waals surface area contributed by atoms with Crippen LogP contribution in [0.25, 0.3) is 11.0 Å². The summed E-state index contributed by atoms with van der Waals surface area (Å²) in [6.07, 6.45) is 2.26. The molecule has 1 aliphatic carbocycles. The minimum Gasteiger partial charge on any atom is -0.339 e. The zero-order valence-corrected chi connectivity index (χ0v) is 11.0. The second-order valence-electron chi connectivity index (χ2n) is 5.07. The molecule has 0 radical (unpaired) electrons.